The molecule has 0 unspecified atom stereocenters. The average Bonchev–Trinajstić information content (AvgIpc) is 2.77. The van der Waals surface area contributed by atoms with E-state index >= 15 is 0 Å². The van der Waals surface area contributed by atoms with Crippen LogP contribution in [0.15, 0.2) is 24.5 Å². The minimum Gasteiger partial charge on any atom is -0.473 e. The van der Waals surface area contributed by atoms with Crippen LogP contribution in [0.2, 0.25) is 0 Å². The van der Waals surface area contributed by atoms with Crippen molar-refractivity contribution in [2.75, 3.05) is 56.5 Å². The molecule has 9 heteroatoms. The van der Waals surface area contributed by atoms with Crippen molar-refractivity contribution in [1.29, 1.82) is 5.26 Å². The highest BCUT2D eigenvalue weighted by Crippen LogP contribution is 2.29. The van der Waals surface area contributed by atoms with Crippen LogP contribution in [0.4, 0.5) is 21.6 Å². The first kappa shape index (κ1) is 20.3. The second-order valence-corrected chi connectivity index (χ2v) is 7.66. The third kappa shape index (κ3) is 4.61. The summed E-state index contributed by atoms with van der Waals surface area (Å²) in [6, 6.07) is 7.18. The summed E-state index contributed by atoms with van der Waals surface area (Å²) in [5, 5.41) is 15.9. The quantitative estimate of drug-likeness (QED) is 0.773. The van der Waals surface area contributed by atoms with Gasteiger partial charge >= 0.3 is 0 Å². The zero-order chi connectivity index (χ0) is 20.9. The lowest BCUT2D eigenvalue weighted by molar-refractivity contribution is 0.155. The van der Waals surface area contributed by atoms with Gasteiger partial charge in [0.2, 0.25) is 5.88 Å². The third-order valence-electron chi connectivity index (χ3n) is 5.56. The van der Waals surface area contributed by atoms with E-state index in [9.17, 15) is 9.65 Å². The second-order valence-electron chi connectivity index (χ2n) is 7.66. The molecule has 2 aliphatic rings. The van der Waals surface area contributed by atoms with E-state index in [2.05, 4.69) is 43.5 Å². The minimum atomic E-state index is -0.394. The van der Waals surface area contributed by atoms with Gasteiger partial charge in [0.1, 0.15) is 24.3 Å². The lowest BCUT2D eigenvalue weighted by atomic mass is 10.1. The fourth-order valence-electron chi connectivity index (χ4n) is 3.72. The molecule has 1 aromatic heterocycles. The summed E-state index contributed by atoms with van der Waals surface area (Å²) in [4.78, 5) is 12.7. The molecule has 0 aliphatic carbocycles. The van der Waals surface area contributed by atoms with Crippen molar-refractivity contribution in [2.24, 2.45) is 0 Å². The molecule has 2 aromatic rings. The molecule has 4 rings (SSSR count). The van der Waals surface area contributed by atoms with Crippen molar-refractivity contribution in [3.05, 3.63) is 35.9 Å². The number of hydrogen-bond acceptors (Lipinski definition) is 8. The van der Waals surface area contributed by atoms with Crippen LogP contribution in [0.3, 0.4) is 0 Å². The molecular formula is C21H26FN7O. The number of likely N-dealkylation sites (N-methyl/N-ethyl adjacent to an activating group) is 1. The van der Waals surface area contributed by atoms with Gasteiger partial charge in [-0.05, 0) is 51.2 Å². The number of hydrogen-bond donors (Lipinski definition) is 2. The number of anilines is 3. The zero-order valence-electron chi connectivity index (χ0n) is 17.1. The molecule has 3 heterocycles. The predicted octanol–water partition coefficient (Wildman–Crippen LogP) is 2.11. The normalized spacial score (nSPS) is 18.1. The Balaban J connectivity index is 1.51. The Morgan fingerprint density at radius 3 is 2.67 bits per heavy atom. The Hall–Kier alpha value is -2.96. The number of benzene rings is 1. The fourth-order valence-corrected chi connectivity index (χ4v) is 3.72. The molecule has 2 saturated heterocycles. The van der Waals surface area contributed by atoms with Crippen LogP contribution in [0.1, 0.15) is 18.4 Å². The summed E-state index contributed by atoms with van der Waals surface area (Å²) < 4.78 is 20.7. The van der Waals surface area contributed by atoms with Gasteiger partial charge in [-0.3, -0.25) is 0 Å². The van der Waals surface area contributed by atoms with Crippen LogP contribution >= 0.6 is 0 Å². The monoisotopic (exact) mass is 411 g/mol. The SMILES string of the molecule is CN1CCN(c2ccc(Nc3ncnc(OC4CCNCC4)c3C#N)c(F)c2)CC1. The van der Waals surface area contributed by atoms with Crippen LogP contribution in [0, 0.1) is 17.1 Å². The van der Waals surface area contributed by atoms with Gasteiger partial charge in [-0.2, -0.15) is 5.26 Å². The van der Waals surface area contributed by atoms with E-state index in [1.165, 1.54) is 12.4 Å². The first-order valence-corrected chi connectivity index (χ1v) is 10.3. The van der Waals surface area contributed by atoms with Gasteiger partial charge in [0, 0.05) is 31.9 Å². The van der Waals surface area contributed by atoms with Crippen LogP contribution in [0.5, 0.6) is 5.88 Å². The van der Waals surface area contributed by atoms with Crippen LogP contribution in [0.25, 0.3) is 0 Å². The molecule has 2 aliphatic heterocycles. The molecule has 30 heavy (non-hydrogen) atoms. The van der Waals surface area contributed by atoms with Crippen molar-refractivity contribution in [3.63, 3.8) is 0 Å². The summed E-state index contributed by atoms with van der Waals surface area (Å²) in [5.41, 5.74) is 1.29. The second kappa shape index (κ2) is 9.24. The number of nitriles is 1. The molecule has 158 valence electrons. The van der Waals surface area contributed by atoms with Crippen LogP contribution in [-0.2, 0) is 0 Å². The summed E-state index contributed by atoms with van der Waals surface area (Å²) in [6.45, 7) is 5.37. The molecule has 0 radical (unpaired) electrons. The standard InChI is InChI=1S/C21H26FN7O/c1-28-8-10-29(11-9-28)15-2-3-19(18(22)12-15)27-20-17(13-23)21(26-14-25-20)30-16-4-6-24-7-5-16/h2-3,12,14,16,24H,4-11H2,1H3,(H,25,26,27). The molecule has 0 bridgehead atoms. The number of rotatable bonds is 5. The number of ether oxygens (including phenoxy) is 1. The lowest BCUT2D eigenvalue weighted by Crippen LogP contribution is -2.44. The van der Waals surface area contributed by atoms with Crippen molar-refractivity contribution < 1.29 is 9.13 Å². The summed E-state index contributed by atoms with van der Waals surface area (Å²) in [7, 11) is 2.09. The van der Waals surface area contributed by atoms with Crippen molar-refractivity contribution >= 4 is 17.2 Å². The molecule has 0 atom stereocenters. The lowest BCUT2D eigenvalue weighted by Gasteiger charge is -2.34. The van der Waals surface area contributed by atoms with E-state index < -0.39 is 5.82 Å². The molecule has 2 N–H and O–H groups in total. The maximum absolute atomic E-state index is 14.8. The number of aromatic nitrogens is 2. The van der Waals surface area contributed by atoms with Crippen LogP contribution in [-0.4, -0.2) is 67.3 Å². The fraction of sp³-hybridized carbons (Fsp3) is 0.476. The first-order chi connectivity index (χ1) is 14.6. The number of piperazine rings is 1. The Kier molecular flexibility index (Phi) is 6.26. The van der Waals surface area contributed by atoms with Gasteiger partial charge in [-0.1, -0.05) is 0 Å². The van der Waals surface area contributed by atoms with Crippen LogP contribution < -0.4 is 20.3 Å². The van der Waals surface area contributed by atoms with E-state index in [0.29, 0.717) is 0 Å². The molecular weight excluding hydrogens is 385 g/mol. The zero-order valence-corrected chi connectivity index (χ0v) is 17.1. The van der Waals surface area contributed by atoms with E-state index in [4.69, 9.17) is 4.74 Å². The van der Waals surface area contributed by atoms with E-state index in [-0.39, 0.29) is 29.1 Å². The molecule has 0 amide bonds. The Morgan fingerprint density at radius 2 is 1.97 bits per heavy atom. The maximum Gasteiger partial charge on any atom is 0.237 e. The highest BCUT2D eigenvalue weighted by atomic mass is 19.1. The first-order valence-electron chi connectivity index (χ1n) is 10.3. The van der Waals surface area contributed by atoms with Crippen molar-refractivity contribution in [2.45, 2.75) is 18.9 Å². The highest BCUT2D eigenvalue weighted by molar-refractivity contribution is 5.67. The smallest absolute Gasteiger partial charge is 0.237 e. The predicted molar refractivity (Wildman–Crippen MR) is 113 cm³/mol. The van der Waals surface area contributed by atoms with Gasteiger partial charge in [0.05, 0.1) is 5.69 Å². The van der Waals surface area contributed by atoms with Gasteiger partial charge in [-0.15, -0.1) is 0 Å². The number of piperidine rings is 1. The van der Waals surface area contributed by atoms with E-state index in [1.54, 1.807) is 6.07 Å². The summed E-state index contributed by atoms with van der Waals surface area (Å²) in [5.74, 6) is 0.0776. The summed E-state index contributed by atoms with van der Waals surface area (Å²) >= 11 is 0. The maximum atomic E-state index is 14.8. The molecule has 0 saturated carbocycles. The Bertz CT molecular complexity index is 918. The average molecular weight is 411 g/mol. The van der Waals surface area contributed by atoms with E-state index in [1.807, 2.05) is 6.07 Å². The van der Waals surface area contributed by atoms with Crippen molar-refractivity contribution in [1.82, 2.24) is 20.2 Å². The minimum absolute atomic E-state index is 0.000655. The Labute approximate surface area is 175 Å². The third-order valence-corrected chi connectivity index (χ3v) is 5.56. The largest absolute Gasteiger partial charge is 0.473 e. The number of nitrogens with zero attached hydrogens (tertiary/aromatic N) is 5. The molecule has 1 aromatic carbocycles. The molecule has 0 spiro atoms. The highest BCUT2D eigenvalue weighted by Gasteiger charge is 2.21. The van der Waals surface area contributed by atoms with Gasteiger partial charge in [0.15, 0.2) is 11.4 Å². The number of halogens is 1. The van der Waals surface area contributed by atoms with Crippen molar-refractivity contribution in [3.8, 4) is 11.9 Å². The van der Waals surface area contributed by atoms with Gasteiger partial charge in [-0.25, -0.2) is 14.4 Å². The summed E-state index contributed by atoms with van der Waals surface area (Å²) in [6.07, 6.45) is 3.02. The van der Waals surface area contributed by atoms with Gasteiger partial charge < -0.3 is 25.2 Å². The van der Waals surface area contributed by atoms with Gasteiger partial charge in [0.25, 0.3) is 0 Å². The molecule has 2 fully saturated rings. The number of nitrogens with one attached hydrogen (secondary N) is 2. The Morgan fingerprint density at radius 1 is 1.20 bits per heavy atom. The van der Waals surface area contributed by atoms with E-state index in [0.717, 1.165) is 57.8 Å². The topological polar surface area (TPSA) is 89.3 Å². The molecule has 8 nitrogen and oxygen atoms in total.